The van der Waals surface area contributed by atoms with Crippen LogP contribution in [0.4, 0.5) is 0 Å². The van der Waals surface area contributed by atoms with Gasteiger partial charge in [0.15, 0.2) is 0 Å². The van der Waals surface area contributed by atoms with Crippen molar-refractivity contribution in [3.63, 3.8) is 0 Å². The zero-order valence-electron chi connectivity index (χ0n) is 9.47. The maximum absolute atomic E-state index is 6.20. The van der Waals surface area contributed by atoms with E-state index in [0.29, 0.717) is 11.8 Å². The molecule has 0 aliphatic rings. The van der Waals surface area contributed by atoms with Gasteiger partial charge in [-0.05, 0) is 26.7 Å². The third-order valence-corrected chi connectivity index (χ3v) is 3.99. The number of hydrogen-bond donors (Lipinski definition) is 0. The minimum atomic E-state index is 0.153. The topological polar surface area (TPSA) is 12.9 Å². The first kappa shape index (κ1) is 12.0. The fourth-order valence-corrected chi connectivity index (χ4v) is 3.44. The molecule has 0 bridgehead atoms. The summed E-state index contributed by atoms with van der Waals surface area (Å²) in [4.78, 5) is 5.90. The molecule has 1 rings (SSSR count). The first-order valence-electron chi connectivity index (χ1n) is 5.01. The number of rotatable bonds is 3. The summed E-state index contributed by atoms with van der Waals surface area (Å²) in [5.41, 5.74) is 1.15. The molecule has 0 aliphatic heterocycles. The predicted octanol–water partition coefficient (Wildman–Crippen LogP) is 4.13. The van der Waals surface area contributed by atoms with E-state index in [2.05, 4.69) is 39.6 Å². The van der Waals surface area contributed by atoms with Crippen LogP contribution in [0.2, 0.25) is 0 Å². The van der Waals surface area contributed by atoms with Crippen LogP contribution in [0, 0.1) is 19.8 Å². The number of thiazole rings is 1. The van der Waals surface area contributed by atoms with Crippen molar-refractivity contribution in [2.75, 3.05) is 0 Å². The average Bonchev–Trinajstić information content (AvgIpc) is 2.29. The molecule has 0 saturated carbocycles. The Labute approximate surface area is 95.5 Å². The van der Waals surface area contributed by atoms with E-state index in [1.54, 1.807) is 11.3 Å². The molecule has 3 heteroatoms. The van der Waals surface area contributed by atoms with E-state index >= 15 is 0 Å². The van der Waals surface area contributed by atoms with Crippen LogP contribution < -0.4 is 0 Å². The lowest BCUT2D eigenvalue weighted by atomic mass is 9.93. The van der Waals surface area contributed by atoms with E-state index < -0.39 is 0 Å². The summed E-state index contributed by atoms with van der Waals surface area (Å²) in [6.07, 6.45) is 0. The van der Waals surface area contributed by atoms with Crippen LogP contribution in [0.3, 0.4) is 0 Å². The highest BCUT2D eigenvalue weighted by Gasteiger charge is 2.24. The Balaban J connectivity index is 2.99. The minimum absolute atomic E-state index is 0.153. The molecule has 1 heterocycles. The molecule has 0 aliphatic carbocycles. The van der Waals surface area contributed by atoms with Gasteiger partial charge in [-0.25, -0.2) is 4.98 Å². The fourth-order valence-electron chi connectivity index (χ4n) is 1.65. The van der Waals surface area contributed by atoms with Crippen molar-refractivity contribution in [1.29, 1.82) is 0 Å². The van der Waals surface area contributed by atoms with Crippen LogP contribution in [0.15, 0.2) is 0 Å². The molecule has 0 radical (unpaired) electrons. The summed E-state index contributed by atoms with van der Waals surface area (Å²) in [7, 11) is 0. The standard InChI is InChI=1S/C11H18ClNS/c1-6(2)10(7(3)12)11-13-8(4)9(5)14-11/h6-7,10H,1-5H3. The molecule has 0 aromatic carbocycles. The Morgan fingerprint density at radius 2 is 1.79 bits per heavy atom. The van der Waals surface area contributed by atoms with Crippen LogP contribution in [-0.2, 0) is 0 Å². The largest absolute Gasteiger partial charge is 0.246 e. The van der Waals surface area contributed by atoms with Crippen molar-refractivity contribution in [2.24, 2.45) is 5.92 Å². The average molecular weight is 232 g/mol. The second kappa shape index (κ2) is 4.63. The van der Waals surface area contributed by atoms with Crippen LogP contribution >= 0.6 is 22.9 Å². The van der Waals surface area contributed by atoms with Gasteiger partial charge in [0.05, 0.1) is 10.7 Å². The molecular weight excluding hydrogens is 214 g/mol. The molecule has 2 atom stereocenters. The van der Waals surface area contributed by atoms with E-state index in [4.69, 9.17) is 11.6 Å². The van der Waals surface area contributed by atoms with Gasteiger partial charge in [-0.15, -0.1) is 22.9 Å². The summed E-state index contributed by atoms with van der Waals surface area (Å²) in [5, 5.41) is 1.34. The van der Waals surface area contributed by atoms with E-state index in [9.17, 15) is 0 Å². The van der Waals surface area contributed by atoms with Crippen LogP contribution in [0.25, 0.3) is 0 Å². The van der Waals surface area contributed by atoms with E-state index in [-0.39, 0.29) is 5.38 Å². The minimum Gasteiger partial charge on any atom is -0.246 e. The number of hydrogen-bond acceptors (Lipinski definition) is 2. The van der Waals surface area contributed by atoms with Gasteiger partial charge in [-0.3, -0.25) is 0 Å². The molecular formula is C11H18ClNS. The number of alkyl halides is 1. The van der Waals surface area contributed by atoms with E-state index in [1.807, 2.05) is 0 Å². The molecule has 14 heavy (non-hydrogen) atoms. The van der Waals surface area contributed by atoms with Crippen molar-refractivity contribution in [3.05, 3.63) is 15.6 Å². The maximum Gasteiger partial charge on any atom is 0.0979 e. The highest BCUT2D eigenvalue weighted by molar-refractivity contribution is 7.11. The third kappa shape index (κ3) is 2.48. The zero-order chi connectivity index (χ0) is 10.9. The van der Waals surface area contributed by atoms with Crippen molar-refractivity contribution < 1.29 is 0 Å². The lowest BCUT2D eigenvalue weighted by Gasteiger charge is -2.20. The highest BCUT2D eigenvalue weighted by Crippen LogP contribution is 2.34. The fraction of sp³-hybridized carbons (Fsp3) is 0.727. The van der Waals surface area contributed by atoms with Crippen molar-refractivity contribution in [3.8, 4) is 0 Å². The summed E-state index contributed by atoms with van der Waals surface area (Å²) >= 11 is 7.99. The van der Waals surface area contributed by atoms with Gasteiger partial charge in [0, 0.05) is 16.2 Å². The molecule has 0 N–H and O–H groups in total. The molecule has 0 fully saturated rings. The van der Waals surface area contributed by atoms with Crippen molar-refractivity contribution in [2.45, 2.75) is 45.9 Å². The number of aromatic nitrogens is 1. The van der Waals surface area contributed by atoms with Crippen molar-refractivity contribution >= 4 is 22.9 Å². The van der Waals surface area contributed by atoms with Gasteiger partial charge in [0.25, 0.3) is 0 Å². The van der Waals surface area contributed by atoms with E-state index in [0.717, 1.165) is 5.69 Å². The monoisotopic (exact) mass is 231 g/mol. The Morgan fingerprint density at radius 3 is 2.07 bits per heavy atom. The first-order chi connectivity index (χ1) is 6.43. The predicted molar refractivity (Wildman–Crippen MR) is 64.5 cm³/mol. The number of halogens is 1. The molecule has 1 aromatic heterocycles. The summed E-state index contributed by atoms with van der Waals surface area (Å²) in [6.45, 7) is 10.6. The second-order valence-corrected chi connectivity index (χ2v) is 6.06. The summed E-state index contributed by atoms with van der Waals surface area (Å²) in [5.74, 6) is 0.932. The smallest absolute Gasteiger partial charge is 0.0979 e. The molecule has 2 unspecified atom stereocenters. The van der Waals surface area contributed by atoms with Gasteiger partial charge >= 0.3 is 0 Å². The van der Waals surface area contributed by atoms with Crippen LogP contribution in [0.1, 0.15) is 42.3 Å². The molecule has 0 amide bonds. The Morgan fingerprint density at radius 1 is 1.21 bits per heavy atom. The lowest BCUT2D eigenvalue weighted by molar-refractivity contribution is 0.488. The maximum atomic E-state index is 6.20. The van der Waals surface area contributed by atoms with Gasteiger partial charge in [0.1, 0.15) is 0 Å². The number of nitrogens with zero attached hydrogens (tertiary/aromatic N) is 1. The van der Waals surface area contributed by atoms with E-state index in [1.165, 1.54) is 9.88 Å². The quantitative estimate of drug-likeness (QED) is 0.713. The van der Waals surface area contributed by atoms with Crippen LogP contribution in [0.5, 0.6) is 0 Å². The van der Waals surface area contributed by atoms with Crippen LogP contribution in [-0.4, -0.2) is 10.4 Å². The second-order valence-electron chi connectivity index (χ2n) is 4.14. The molecule has 1 nitrogen and oxygen atoms in total. The molecule has 0 saturated heterocycles. The van der Waals surface area contributed by atoms with Crippen molar-refractivity contribution in [1.82, 2.24) is 4.98 Å². The summed E-state index contributed by atoms with van der Waals surface area (Å²) < 4.78 is 0. The highest BCUT2D eigenvalue weighted by atomic mass is 35.5. The number of aryl methyl sites for hydroxylation is 2. The molecule has 80 valence electrons. The summed E-state index contributed by atoms with van der Waals surface area (Å²) in [6, 6.07) is 0. The first-order valence-corrected chi connectivity index (χ1v) is 6.26. The molecule has 1 aromatic rings. The normalized spacial score (nSPS) is 15.9. The zero-order valence-corrected chi connectivity index (χ0v) is 11.0. The Hall–Kier alpha value is -0.0800. The Kier molecular flexibility index (Phi) is 3.96. The Bertz CT molecular complexity index is 277. The van der Waals surface area contributed by atoms with Gasteiger partial charge < -0.3 is 0 Å². The van der Waals surface area contributed by atoms with Gasteiger partial charge in [-0.1, -0.05) is 13.8 Å². The molecule has 0 spiro atoms. The third-order valence-electron chi connectivity index (χ3n) is 2.54. The van der Waals surface area contributed by atoms with Gasteiger partial charge in [0.2, 0.25) is 0 Å². The lowest BCUT2D eigenvalue weighted by Crippen LogP contribution is -2.15. The SMILES string of the molecule is Cc1nc(C(C(C)C)C(C)Cl)sc1C. The van der Waals surface area contributed by atoms with Gasteiger partial charge in [-0.2, -0.15) is 0 Å².